The summed E-state index contributed by atoms with van der Waals surface area (Å²) in [6.07, 6.45) is -13.8. The van der Waals surface area contributed by atoms with Gasteiger partial charge in [-0.05, 0) is 0 Å². The summed E-state index contributed by atoms with van der Waals surface area (Å²) in [6, 6.07) is 0. The van der Waals surface area contributed by atoms with Crippen LogP contribution in [-0.2, 0) is 0 Å². The molecule has 0 unspecified atom stereocenters. The lowest BCUT2D eigenvalue weighted by molar-refractivity contribution is -0.300. The van der Waals surface area contributed by atoms with Crippen LogP contribution in [0.2, 0.25) is 5.15 Å². The van der Waals surface area contributed by atoms with Crippen molar-refractivity contribution in [3.63, 3.8) is 0 Å². The van der Waals surface area contributed by atoms with Gasteiger partial charge in [0.1, 0.15) is 5.15 Å². The lowest BCUT2D eigenvalue weighted by Crippen LogP contribution is -2.46. The number of alkyl halides is 6. The molecule has 0 aliphatic rings. The Morgan fingerprint density at radius 3 is 1.88 bits per heavy atom. The zero-order valence-corrected chi connectivity index (χ0v) is 8.44. The number of nitrogens with zero attached hydrogens (tertiary/aromatic N) is 2. The minimum absolute atomic E-state index is 0.187. The van der Waals surface area contributed by atoms with Crippen LogP contribution in [0.1, 0.15) is 0 Å². The molecule has 0 bridgehead atoms. The first-order chi connectivity index (χ1) is 7.60. The van der Waals surface area contributed by atoms with Crippen molar-refractivity contribution >= 4 is 11.6 Å². The largest absolute Gasteiger partial charge is 0.454 e. The monoisotopic (exact) mass is 280 g/mol. The first-order valence-electron chi connectivity index (χ1n) is 3.88. The van der Waals surface area contributed by atoms with E-state index >= 15 is 0 Å². The molecule has 3 nitrogen and oxygen atoms in total. The molecule has 10 heteroatoms. The van der Waals surface area contributed by atoms with E-state index in [1.54, 1.807) is 0 Å². The zero-order chi connectivity index (χ0) is 13.3. The second-order valence-corrected chi connectivity index (χ2v) is 3.15. The molecular formula is C7H3ClF6N2O. The van der Waals surface area contributed by atoms with E-state index in [9.17, 15) is 26.3 Å². The highest BCUT2D eigenvalue weighted by Gasteiger charge is 2.59. The minimum Gasteiger partial charge on any atom is -0.454 e. The first-order valence-corrected chi connectivity index (χ1v) is 4.26. The Kier molecular flexibility index (Phi) is 3.70. The van der Waals surface area contributed by atoms with Crippen LogP contribution in [-0.4, -0.2) is 28.4 Å². The summed E-state index contributed by atoms with van der Waals surface area (Å²) < 4.78 is 76.1. The van der Waals surface area contributed by atoms with Gasteiger partial charge in [0.25, 0.3) is 6.10 Å². The number of hydrogen-bond acceptors (Lipinski definition) is 3. The molecule has 0 saturated carbocycles. The maximum atomic E-state index is 12.1. The van der Waals surface area contributed by atoms with Crippen molar-refractivity contribution in [2.75, 3.05) is 0 Å². The topological polar surface area (TPSA) is 35.0 Å². The summed E-state index contributed by atoms with van der Waals surface area (Å²) in [7, 11) is 0. The van der Waals surface area contributed by atoms with Gasteiger partial charge in [-0.15, -0.1) is 0 Å². The standard InChI is InChI=1S/C7H3ClF6N2O/c8-3-1-16-4(2-15-3)17-5(6(9,10)11)7(12,13)14/h1-2,5H. The predicted octanol–water partition coefficient (Wildman–Crippen LogP) is 3.00. The Morgan fingerprint density at radius 2 is 1.53 bits per heavy atom. The van der Waals surface area contributed by atoms with Crippen molar-refractivity contribution in [2.24, 2.45) is 0 Å². The van der Waals surface area contributed by atoms with Crippen LogP contribution >= 0.6 is 11.6 Å². The Bertz CT molecular complexity index is 361. The average Bonchev–Trinajstić information content (AvgIpc) is 2.13. The van der Waals surface area contributed by atoms with Gasteiger partial charge in [0.2, 0.25) is 5.88 Å². The highest BCUT2D eigenvalue weighted by Crippen LogP contribution is 2.35. The van der Waals surface area contributed by atoms with Crippen LogP contribution < -0.4 is 4.74 Å². The number of hydrogen-bond donors (Lipinski definition) is 0. The molecule has 0 atom stereocenters. The van der Waals surface area contributed by atoms with Gasteiger partial charge >= 0.3 is 12.4 Å². The molecule has 0 aliphatic carbocycles. The fourth-order valence-corrected chi connectivity index (χ4v) is 0.899. The minimum atomic E-state index is -5.60. The van der Waals surface area contributed by atoms with Gasteiger partial charge in [-0.3, -0.25) is 0 Å². The summed E-state index contributed by atoms with van der Waals surface area (Å²) >= 11 is 5.25. The molecule has 0 aliphatic heterocycles. The van der Waals surface area contributed by atoms with E-state index in [4.69, 9.17) is 11.6 Å². The summed E-state index contributed by atoms with van der Waals surface area (Å²) in [5.74, 6) is -0.922. The number of aromatic nitrogens is 2. The van der Waals surface area contributed by atoms with E-state index in [2.05, 4.69) is 14.7 Å². The van der Waals surface area contributed by atoms with E-state index in [-0.39, 0.29) is 5.15 Å². The molecule has 0 radical (unpaired) electrons. The van der Waals surface area contributed by atoms with Crippen LogP contribution in [0.5, 0.6) is 5.88 Å². The molecule has 1 heterocycles. The van der Waals surface area contributed by atoms with E-state index in [1.807, 2.05) is 0 Å². The highest BCUT2D eigenvalue weighted by atomic mass is 35.5. The van der Waals surface area contributed by atoms with E-state index in [0.717, 1.165) is 6.20 Å². The van der Waals surface area contributed by atoms with Crippen molar-refractivity contribution in [2.45, 2.75) is 18.5 Å². The molecule has 0 aromatic carbocycles. The smallest absolute Gasteiger partial charge is 0.434 e. The Hall–Kier alpha value is -1.25. The van der Waals surface area contributed by atoms with Gasteiger partial charge in [0, 0.05) is 0 Å². The second kappa shape index (κ2) is 4.55. The normalized spacial score (nSPS) is 12.9. The van der Waals surface area contributed by atoms with Crippen LogP contribution in [0.3, 0.4) is 0 Å². The van der Waals surface area contributed by atoms with Gasteiger partial charge in [-0.2, -0.15) is 26.3 Å². The Labute approximate surface area is 95.4 Å². The summed E-state index contributed by atoms with van der Waals surface area (Å²) in [5.41, 5.74) is 0. The fourth-order valence-electron chi connectivity index (χ4n) is 0.801. The van der Waals surface area contributed by atoms with E-state index in [0.29, 0.717) is 6.20 Å². The molecule has 0 N–H and O–H groups in total. The Morgan fingerprint density at radius 1 is 1.00 bits per heavy atom. The van der Waals surface area contributed by atoms with E-state index in [1.165, 1.54) is 0 Å². The van der Waals surface area contributed by atoms with Crippen LogP contribution in [0, 0.1) is 0 Å². The zero-order valence-electron chi connectivity index (χ0n) is 7.68. The lowest BCUT2D eigenvalue weighted by atomic mass is 10.3. The SMILES string of the molecule is FC(F)(F)C(Oc1cnc(Cl)cn1)C(F)(F)F. The number of halogens is 7. The van der Waals surface area contributed by atoms with Crippen molar-refractivity contribution in [1.82, 2.24) is 9.97 Å². The van der Waals surface area contributed by atoms with Gasteiger partial charge in [0.15, 0.2) is 0 Å². The van der Waals surface area contributed by atoms with Crippen molar-refractivity contribution in [1.29, 1.82) is 0 Å². The number of ether oxygens (including phenoxy) is 1. The summed E-state index contributed by atoms with van der Waals surface area (Å²) in [4.78, 5) is 6.37. The van der Waals surface area contributed by atoms with Crippen LogP contribution in [0.15, 0.2) is 12.4 Å². The van der Waals surface area contributed by atoms with Crippen LogP contribution in [0.4, 0.5) is 26.3 Å². The van der Waals surface area contributed by atoms with E-state index < -0.39 is 24.3 Å². The molecule has 96 valence electrons. The quantitative estimate of drug-likeness (QED) is 0.781. The molecule has 1 aromatic heterocycles. The first kappa shape index (κ1) is 13.8. The van der Waals surface area contributed by atoms with Crippen LogP contribution in [0.25, 0.3) is 0 Å². The molecule has 17 heavy (non-hydrogen) atoms. The van der Waals surface area contributed by atoms with Crippen molar-refractivity contribution in [3.05, 3.63) is 17.5 Å². The third-order valence-electron chi connectivity index (χ3n) is 1.43. The third-order valence-corrected chi connectivity index (χ3v) is 1.63. The molecular weight excluding hydrogens is 278 g/mol. The molecule has 0 saturated heterocycles. The van der Waals surface area contributed by atoms with Gasteiger partial charge < -0.3 is 4.74 Å². The molecule has 0 spiro atoms. The molecule has 0 amide bonds. The van der Waals surface area contributed by atoms with Gasteiger partial charge in [0.05, 0.1) is 12.4 Å². The van der Waals surface area contributed by atoms with Gasteiger partial charge in [-0.1, -0.05) is 11.6 Å². The highest BCUT2D eigenvalue weighted by molar-refractivity contribution is 6.29. The van der Waals surface area contributed by atoms with Crippen molar-refractivity contribution < 1.29 is 31.1 Å². The fraction of sp³-hybridized carbons (Fsp3) is 0.429. The van der Waals surface area contributed by atoms with Crippen molar-refractivity contribution in [3.8, 4) is 5.88 Å². The summed E-state index contributed by atoms with van der Waals surface area (Å²) in [6.45, 7) is 0. The molecule has 1 rings (SSSR count). The summed E-state index contributed by atoms with van der Waals surface area (Å²) in [5, 5.41) is -0.187. The average molecular weight is 281 g/mol. The van der Waals surface area contributed by atoms with Gasteiger partial charge in [-0.25, -0.2) is 9.97 Å². The molecule has 0 fully saturated rings. The Balaban J connectivity index is 2.92. The lowest BCUT2D eigenvalue weighted by Gasteiger charge is -2.22. The number of rotatable bonds is 2. The maximum Gasteiger partial charge on any atom is 0.434 e. The third kappa shape index (κ3) is 3.91. The predicted molar refractivity (Wildman–Crippen MR) is 43.6 cm³/mol. The molecule has 1 aromatic rings. The second-order valence-electron chi connectivity index (χ2n) is 2.76. The maximum absolute atomic E-state index is 12.1.